The molecule has 0 spiro atoms. The van der Waals surface area contributed by atoms with Crippen LogP contribution in [0.4, 0.5) is 10.1 Å². The lowest BCUT2D eigenvalue weighted by atomic mass is 10.1. The molecule has 0 unspecified atom stereocenters. The standard InChI is InChI=1S/C25H33FN2O6S2/c1-17(2)36(32,33)19-7-9-22(21(26)16-19)27-11-13-28(14-12-27)24(29)20-15-18(35(6,30)31)8-10-23(20)34-25(3,4)5/h7-10,15-17H,11-14H2,1-6H3. The minimum absolute atomic E-state index is 0.0178. The van der Waals surface area contributed by atoms with Crippen molar-refractivity contribution in [1.29, 1.82) is 0 Å². The van der Waals surface area contributed by atoms with Gasteiger partial charge >= 0.3 is 0 Å². The van der Waals surface area contributed by atoms with E-state index in [-0.39, 0.29) is 45.8 Å². The molecule has 1 amide bonds. The van der Waals surface area contributed by atoms with Gasteiger partial charge in [0.15, 0.2) is 19.7 Å². The highest BCUT2D eigenvalue weighted by atomic mass is 32.2. The van der Waals surface area contributed by atoms with Gasteiger partial charge in [0.2, 0.25) is 0 Å². The molecule has 1 heterocycles. The molecule has 0 bridgehead atoms. The van der Waals surface area contributed by atoms with Crippen LogP contribution in [0, 0.1) is 5.82 Å². The maximum atomic E-state index is 14.9. The van der Waals surface area contributed by atoms with Crippen LogP contribution in [-0.2, 0) is 19.7 Å². The van der Waals surface area contributed by atoms with E-state index in [1.54, 1.807) is 23.6 Å². The van der Waals surface area contributed by atoms with Gasteiger partial charge in [-0.15, -0.1) is 0 Å². The monoisotopic (exact) mass is 540 g/mol. The highest BCUT2D eigenvalue weighted by molar-refractivity contribution is 7.92. The van der Waals surface area contributed by atoms with E-state index in [1.807, 2.05) is 20.8 Å². The zero-order valence-electron chi connectivity index (χ0n) is 21.4. The number of carbonyl (C=O) groups excluding carboxylic acids is 1. The molecule has 2 aromatic rings. The number of piperazine rings is 1. The molecule has 0 aliphatic carbocycles. The Morgan fingerprint density at radius 2 is 1.53 bits per heavy atom. The zero-order valence-corrected chi connectivity index (χ0v) is 23.0. The van der Waals surface area contributed by atoms with Gasteiger partial charge < -0.3 is 14.5 Å². The highest BCUT2D eigenvalue weighted by Crippen LogP contribution is 2.29. The van der Waals surface area contributed by atoms with Gasteiger partial charge in [0, 0.05) is 32.4 Å². The highest BCUT2D eigenvalue weighted by Gasteiger charge is 2.29. The topological polar surface area (TPSA) is 101 Å². The number of ether oxygens (including phenoxy) is 1. The van der Waals surface area contributed by atoms with Gasteiger partial charge in [-0.25, -0.2) is 21.2 Å². The summed E-state index contributed by atoms with van der Waals surface area (Å²) in [5.74, 6) is -0.730. The molecule has 8 nitrogen and oxygen atoms in total. The average Bonchev–Trinajstić information content (AvgIpc) is 2.77. The SMILES string of the molecule is CC(C)S(=O)(=O)c1ccc(N2CCN(C(=O)c3cc(S(C)(=O)=O)ccc3OC(C)(C)C)CC2)c(F)c1. The van der Waals surface area contributed by atoms with E-state index in [2.05, 4.69) is 0 Å². The maximum absolute atomic E-state index is 14.9. The van der Waals surface area contributed by atoms with Crippen LogP contribution in [0.5, 0.6) is 5.75 Å². The van der Waals surface area contributed by atoms with E-state index >= 15 is 0 Å². The molecule has 1 fully saturated rings. The van der Waals surface area contributed by atoms with Crippen LogP contribution in [0.1, 0.15) is 45.0 Å². The fourth-order valence-electron chi connectivity index (χ4n) is 3.84. The molecule has 1 aliphatic rings. The quantitative estimate of drug-likeness (QED) is 0.552. The first-order chi connectivity index (χ1) is 16.5. The summed E-state index contributed by atoms with van der Waals surface area (Å²) in [4.78, 5) is 16.7. The summed E-state index contributed by atoms with van der Waals surface area (Å²) >= 11 is 0. The van der Waals surface area contributed by atoms with Crippen LogP contribution in [0.25, 0.3) is 0 Å². The summed E-state index contributed by atoms with van der Waals surface area (Å²) in [6, 6.07) is 8.13. The Morgan fingerprint density at radius 1 is 0.944 bits per heavy atom. The van der Waals surface area contributed by atoms with E-state index in [1.165, 1.54) is 30.3 Å². The number of sulfone groups is 2. The molecule has 198 valence electrons. The molecule has 1 saturated heterocycles. The smallest absolute Gasteiger partial charge is 0.257 e. The van der Waals surface area contributed by atoms with Crippen LogP contribution >= 0.6 is 0 Å². The third-order valence-electron chi connectivity index (χ3n) is 5.80. The third-order valence-corrected chi connectivity index (χ3v) is 9.06. The third kappa shape index (κ3) is 6.18. The van der Waals surface area contributed by atoms with Crippen molar-refractivity contribution in [2.24, 2.45) is 0 Å². The van der Waals surface area contributed by atoms with Gasteiger partial charge in [0.05, 0.1) is 26.3 Å². The maximum Gasteiger partial charge on any atom is 0.257 e. The molecule has 1 aliphatic heterocycles. The van der Waals surface area contributed by atoms with Crippen molar-refractivity contribution in [3.8, 4) is 5.75 Å². The molecule has 36 heavy (non-hydrogen) atoms. The van der Waals surface area contributed by atoms with Crippen molar-refractivity contribution in [3.63, 3.8) is 0 Å². The second-order valence-electron chi connectivity index (χ2n) is 10.1. The Balaban J connectivity index is 1.82. The van der Waals surface area contributed by atoms with Crippen LogP contribution < -0.4 is 9.64 Å². The molecule has 0 radical (unpaired) electrons. The number of nitrogens with zero attached hydrogens (tertiary/aromatic N) is 2. The second-order valence-corrected chi connectivity index (χ2v) is 14.7. The van der Waals surface area contributed by atoms with E-state index in [4.69, 9.17) is 4.74 Å². The number of rotatable bonds is 6. The number of hydrogen-bond acceptors (Lipinski definition) is 7. The van der Waals surface area contributed by atoms with Gasteiger partial charge in [0.25, 0.3) is 5.91 Å². The number of anilines is 1. The Hall–Kier alpha value is -2.66. The first-order valence-electron chi connectivity index (χ1n) is 11.6. The summed E-state index contributed by atoms with van der Waals surface area (Å²) in [5.41, 5.74) is -0.191. The van der Waals surface area contributed by atoms with Crippen molar-refractivity contribution < 1.29 is 30.8 Å². The minimum atomic E-state index is -3.59. The zero-order chi connectivity index (χ0) is 27.1. The Labute approximate surface area is 212 Å². The van der Waals surface area contributed by atoms with Gasteiger partial charge in [-0.1, -0.05) is 0 Å². The van der Waals surface area contributed by atoms with Gasteiger partial charge in [0.1, 0.15) is 17.2 Å². The average molecular weight is 541 g/mol. The van der Waals surface area contributed by atoms with Crippen LogP contribution in [-0.4, -0.2) is 70.9 Å². The van der Waals surface area contributed by atoms with Crippen molar-refractivity contribution in [2.75, 3.05) is 37.3 Å². The molecule has 2 aromatic carbocycles. The van der Waals surface area contributed by atoms with Crippen LogP contribution in [0.2, 0.25) is 0 Å². The van der Waals surface area contributed by atoms with Crippen LogP contribution in [0.15, 0.2) is 46.2 Å². The van der Waals surface area contributed by atoms with Crippen molar-refractivity contribution in [3.05, 3.63) is 47.8 Å². The molecular formula is C25H33FN2O6S2. The van der Waals surface area contributed by atoms with E-state index in [9.17, 15) is 26.0 Å². The van der Waals surface area contributed by atoms with Crippen molar-refractivity contribution >= 4 is 31.3 Å². The number of halogens is 1. The molecule has 0 aromatic heterocycles. The van der Waals surface area contributed by atoms with Gasteiger partial charge in [-0.05, 0) is 71.0 Å². The molecule has 0 atom stereocenters. The molecule has 0 saturated carbocycles. The lowest BCUT2D eigenvalue weighted by Gasteiger charge is -2.36. The van der Waals surface area contributed by atoms with E-state index < -0.39 is 36.3 Å². The number of amides is 1. The molecule has 11 heteroatoms. The second kappa shape index (κ2) is 10.0. The van der Waals surface area contributed by atoms with Crippen molar-refractivity contribution in [1.82, 2.24) is 4.90 Å². The fourth-order valence-corrected chi connectivity index (χ4v) is 5.56. The fraction of sp³-hybridized carbons (Fsp3) is 0.480. The Bertz CT molecular complexity index is 1360. The van der Waals surface area contributed by atoms with Gasteiger partial charge in [-0.2, -0.15) is 0 Å². The number of hydrogen-bond donors (Lipinski definition) is 0. The Kier molecular flexibility index (Phi) is 7.76. The molecule has 3 rings (SSSR count). The first kappa shape index (κ1) is 27.9. The van der Waals surface area contributed by atoms with Gasteiger partial charge in [-0.3, -0.25) is 4.79 Å². The molecule has 0 N–H and O–H groups in total. The summed E-state index contributed by atoms with van der Waals surface area (Å²) < 4.78 is 69.7. The summed E-state index contributed by atoms with van der Waals surface area (Å²) in [5, 5.41) is -0.661. The predicted octanol–water partition coefficient (Wildman–Crippen LogP) is 3.55. The Morgan fingerprint density at radius 3 is 2.03 bits per heavy atom. The lowest BCUT2D eigenvalue weighted by Crippen LogP contribution is -2.49. The lowest BCUT2D eigenvalue weighted by molar-refractivity contribution is 0.0730. The summed E-state index contributed by atoms with van der Waals surface area (Å²) in [6.45, 7) is 9.75. The largest absolute Gasteiger partial charge is 0.487 e. The normalized spacial score (nSPS) is 15.3. The predicted molar refractivity (Wildman–Crippen MR) is 137 cm³/mol. The van der Waals surface area contributed by atoms with Crippen molar-refractivity contribution in [2.45, 2.75) is 55.3 Å². The molecular weight excluding hydrogens is 507 g/mol. The number of benzene rings is 2. The minimum Gasteiger partial charge on any atom is -0.487 e. The first-order valence-corrected chi connectivity index (χ1v) is 15.1. The summed E-state index contributed by atoms with van der Waals surface area (Å²) in [6.07, 6.45) is 1.08. The summed E-state index contributed by atoms with van der Waals surface area (Å²) in [7, 11) is -7.13. The van der Waals surface area contributed by atoms with E-state index in [0.717, 1.165) is 12.3 Å². The number of carbonyl (C=O) groups is 1. The van der Waals surface area contributed by atoms with Crippen LogP contribution in [0.3, 0.4) is 0 Å². The van der Waals surface area contributed by atoms with E-state index in [0.29, 0.717) is 13.1 Å².